The molecule has 3 rings (SSSR count). The predicted octanol–water partition coefficient (Wildman–Crippen LogP) is 4.43. The highest BCUT2D eigenvalue weighted by atomic mass is 79.9. The lowest BCUT2D eigenvalue weighted by Crippen LogP contribution is -2.12. The Morgan fingerprint density at radius 1 is 1.10 bits per heavy atom. The van der Waals surface area contributed by atoms with Gasteiger partial charge in [0.05, 0.1) is 5.52 Å². The smallest absolute Gasteiger partial charge is 0.123 e. The maximum absolute atomic E-state index is 7.77. The molecule has 2 aromatic carbocycles. The molecule has 104 valence electrons. The molecule has 5 heteroatoms. The number of nitrogens with two attached hydrogens (primary N) is 1. The van der Waals surface area contributed by atoms with E-state index in [2.05, 4.69) is 20.9 Å². The van der Waals surface area contributed by atoms with Crippen molar-refractivity contribution in [2.45, 2.75) is 9.92 Å². The SMILES string of the molecule is N=C(N)c1cc(Sc2ccccc2Br)nc2ccccc12. The first-order chi connectivity index (χ1) is 10.1. The van der Waals surface area contributed by atoms with Gasteiger partial charge in [-0.25, -0.2) is 4.98 Å². The Kier molecular flexibility index (Phi) is 3.94. The molecular formula is C16H12BrN3S. The highest BCUT2D eigenvalue weighted by molar-refractivity contribution is 9.10. The van der Waals surface area contributed by atoms with E-state index in [1.54, 1.807) is 11.8 Å². The fourth-order valence-corrected chi connectivity index (χ4v) is 3.45. The van der Waals surface area contributed by atoms with Crippen molar-refractivity contribution in [1.29, 1.82) is 5.41 Å². The molecule has 0 spiro atoms. The lowest BCUT2D eigenvalue weighted by Gasteiger charge is -2.09. The van der Waals surface area contributed by atoms with E-state index in [0.29, 0.717) is 0 Å². The highest BCUT2D eigenvalue weighted by Gasteiger charge is 2.10. The maximum atomic E-state index is 7.77. The number of fused-ring (bicyclic) bond motifs is 1. The molecule has 3 nitrogen and oxygen atoms in total. The summed E-state index contributed by atoms with van der Waals surface area (Å²) >= 11 is 5.09. The summed E-state index contributed by atoms with van der Waals surface area (Å²) in [5.41, 5.74) is 7.27. The van der Waals surface area contributed by atoms with Crippen LogP contribution in [0.15, 0.2) is 69.0 Å². The predicted molar refractivity (Wildman–Crippen MR) is 91.0 cm³/mol. The van der Waals surface area contributed by atoms with Crippen LogP contribution in [0, 0.1) is 5.41 Å². The molecule has 0 saturated heterocycles. The lowest BCUT2D eigenvalue weighted by atomic mass is 10.1. The molecule has 0 amide bonds. The summed E-state index contributed by atoms with van der Waals surface area (Å²) in [4.78, 5) is 5.72. The van der Waals surface area contributed by atoms with E-state index in [1.807, 2.05) is 54.6 Å². The number of nitrogens with one attached hydrogen (secondary N) is 1. The molecule has 0 bridgehead atoms. The number of rotatable bonds is 3. The molecule has 0 unspecified atom stereocenters. The van der Waals surface area contributed by atoms with Gasteiger partial charge in [-0.3, -0.25) is 5.41 Å². The van der Waals surface area contributed by atoms with Crippen LogP contribution in [0.5, 0.6) is 0 Å². The number of hydrogen-bond donors (Lipinski definition) is 2. The lowest BCUT2D eigenvalue weighted by molar-refractivity contribution is 1.17. The van der Waals surface area contributed by atoms with Gasteiger partial charge in [-0.15, -0.1) is 0 Å². The molecule has 0 aliphatic carbocycles. The molecule has 0 aliphatic rings. The fourth-order valence-electron chi connectivity index (χ4n) is 2.07. The van der Waals surface area contributed by atoms with E-state index in [-0.39, 0.29) is 5.84 Å². The average molecular weight is 358 g/mol. The Morgan fingerprint density at radius 2 is 1.81 bits per heavy atom. The van der Waals surface area contributed by atoms with Gasteiger partial charge in [0.1, 0.15) is 10.9 Å². The van der Waals surface area contributed by atoms with Gasteiger partial charge >= 0.3 is 0 Å². The van der Waals surface area contributed by atoms with Crippen LogP contribution in [-0.2, 0) is 0 Å². The summed E-state index contributed by atoms with van der Waals surface area (Å²) in [6.45, 7) is 0. The molecule has 0 radical (unpaired) electrons. The number of hydrogen-bond acceptors (Lipinski definition) is 3. The van der Waals surface area contributed by atoms with Crippen LogP contribution in [0.1, 0.15) is 5.56 Å². The van der Waals surface area contributed by atoms with Crippen LogP contribution in [0.2, 0.25) is 0 Å². The zero-order valence-corrected chi connectivity index (χ0v) is 13.4. The van der Waals surface area contributed by atoms with Crippen molar-refractivity contribution >= 4 is 44.4 Å². The van der Waals surface area contributed by atoms with Crippen molar-refractivity contribution in [3.8, 4) is 0 Å². The fraction of sp³-hybridized carbons (Fsp3) is 0. The first kappa shape index (κ1) is 14.1. The van der Waals surface area contributed by atoms with E-state index < -0.39 is 0 Å². The molecule has 1 heterocycles. The normalized spacial score (nSPS) is 10.7. The first-order valence-corrected chi connectivity index (χ1v) is 7.92. The van der Waals surface area contributed by atoms with Crippen molar-refractivity contribution in [3.63, 3.8) is 0 Å². The van der Waals surface area contributed by atoms with Gasteiger partial charge in [0, 0.05) is 20.3 Å². The average Bonchev–Trinajstić information content (AvgIpc) is 2.48. The van der Waals surface area contributed by atoms with Crippen molar-refractivity contribution in [2.75, 3.05) is 0 Å². The maximum Gasteiger partial charge on any atom is 0.123 e. The quantitative estimate of drug-likeness (QED) is 0.538. The van der Waals surface area contributed by atoms with Gasteiger partial charge in [0.2, 0.25) is 0 Å². The number of para-hydroxylation sites is 1. The van der Waals surface area contributed by atoms with Gasteiger partial charge in [-0.2, -0.15) is 0 Å². The second-order valence-electron chi connectivity index (χ2n) is 4.47. The van der Waals surface area contributed by atoms with E-state index in [0.717, 1.165) is 30.9 Å². The summed E-state index contributed by atoms with van der Waals surface area (Å²) in [5, 5.41) is 9.50. The molecule has 3 N–H and O–H groups in total. The van der Waals surface area contributed by atoms with Gasteiger partial charge < -0.3 is 5.73 Å². The van der Waals surface area contributed by atoms with Gasteiger partial charge in [-0.05, 0) is 40.2 Å². The number of nitrogens with zero attached hydrogens (tertiary/aromatic N) is 1. The van der Waals surface area contributed by atoms with Crippen LogP contribution in [0.25, 0.3) is 10.9 Å². The second-order valence-corrected chi connectivity index (χ2v) is 6.39. The molecule has 0 atom stereocenters. The van der Waals surface area contributed by atoms with Crippen LogP contribution < -0.4 is 5.73 Å². The number of benzene rings is 2. The van der Waals surface area contributed by atoms with Gasteiger partial charge in [-0.1, -0.05) is 42.1 Å². The van der Waals surface area contributed by atoms with E-state index in [9.17, 15) is 0 Å². The Morgan fingerprint density at radius 3 is 2.57 bits per heavy atom. The molecule has 21 heavy (non-hydrogen) atoms. The molecular weight excluding hydrogens is 346 g/mol. The van der Waals surface area contributed by atoms with Crippen LogP contribution in [0.3, 0.4) is 0 Å². The molecule has 0 saturated carbocycles. The third-order valence-corrected chi connectivity index (χ3v) is 4.98. The third-order valence-electron chi connectivity index (χ3n) is 3.03. The molecule has 0 fully saturated rings. The first-order valence-electron chi connectivity index (χ1n) is 6.32. The summed E-state index contributed by atoms with van der Waals surface area (Å²) in [6.07, 6.45) is 0. The van der Waals surface area contributed by atoms with E-state index in [4.69, 9.17) is 11.1 Å². The topological polar surface area (TPSA) is 62.8 Å². The Bertz CT molecular complexity index is 833. The Hall–Kier alpha value is -1.85. The minimum absolute atomic E-state index is 0.0579. The summed E-state index contributed by atoms with van der Waals surface area (Å²) in [7, 11) is 0. The Balaban J connectivity index is 2.11. The van der Waals surface area contributed by atoms with Crippen LogP contribution >= 0.6 is 27.7 Å². The number of nitrogen functional groups attached to an aromatic ring is 1. The largest absolute Gasteiger partial charge is 0.384 e. The molecule has 1 aromatic heterocycles. The minimum Gasteiger partial charge on any atom is -0.384 e. The summed E-state index contributed by atoms with van der Waals surface area (Å²) in [5.74, 6) is 0.0579. The molecule has 3 aromatic rings. The second kappa shape index (κ2) is 5.87. The number of pyridine rings is 1. The van der Waals surface area contributed by atoms with Crippen molar-refractivity contribution in [1.82, 2.24) is 4.98 Å². The van der Waals surface area contributed by atoms with Gasteiger partial charge in [0.15, 0.2) is 0 Å². The monoisotopic (exact) mass is 357 g/mol. The number of halogens is 1. The summed E-state index contributed by atoms with van der Waals surface area (Å²) in [6, 6.07) is 17.6. The minimum atomic E-state index is 0.0579. The van der Waals surface area contributed by atoms with E-state index >= 15 is 0 Å². The van der Waals surface area contributed by atoms with Crippen LogP contribution in [0.4, 0.5) is 0 Å². The molecule has 0 aliphatic heterocycles. The third kappa shape index (κ3) is 2.94. The highest BCUT2D eigenvalue weighted by Crippen LogP contribution is 2.34. The zero-order chi connectivity index (χ0) is 14.8. The zero-order valence-electron chi connectivity index (χ0n) is 11.0. The van der Waals surface area contributed by atoms with Crippen molar-refractivity contribution in [2.24, 2.45) is 5.73 Å². The Labute approximate surface area is 135 Å². The van der Waals surface area contributed by atoms with E-state index in [1.165, 1.54) is 0 Å². The standard InChI is InChI=1S/C16H12BrN3S/c17-12-6-2-4-8-14(12)21-15-9-11(16(18)19)10-5-1-3-7-13(10)20-15/h1-9H,(H3,18,19). The number of aromatic nitrogens is 1. The van der Waals surface area contributed by atoms with Crippen LogP contribution in [-0.4, -0.2) is 10.8 Å². The van der Waals surface area contributed by atoms with Crippen molar-refractivity contribution in [3.05, 3.63) is 64.6 Å². The van der Waals surface area contributed by atoms with Crippen molar-refractivity contribution < 1.29 is 0 Å². The number of amidine groups is 1. The van der Waals surface area contributed by atoms with Gasteiger partial charge in [0.25, 0.3) is 0 Å². The summed E-state index contributed by atoms with van der Waals surface area (Å²) < 4.78 is 1.02.